The number of fused-ring (bicyclic) bond motifs is 1. The fourth-order valence-electron chi connectivity index (χ4n) is 2.61. The molecule has 0 aliphatic heterocycles. The highest BCUT2D eigenvalue weighted by Crippen LogP contribution is 2.38. The summed E-state index contributed by atoms with van der Waals surface area (Å²) in [7, 11) is 4.55. The molecule has 138 valence electrons. The molecule has 1 amide bonds. The molecule has 3 rings (SSSR count). The Hall–Kier alpha value is -2.81. The van der Waals surface area contributed by atoms with Crippen LogP contribution < -0.4 is 19.5 Å². The first-order chi connectivity index (χ1) is 12.6. The topological polar surface area (TPSA) is 87.0 Å². The minimum Gasteiger partial charge on any atom is -0.493 e. The number of thiazole rings is 1. The summed E-state index contributed by atoms with van der Waals surface area (Å²) >= 11 is 1.53. The van der Waals surface area contributed by atoms with E-state index < -0.39 is 0 Å². The first-order valence-corrected chi connectivity index (χ1v) is 8.83. The zero-order valence-corrected chi connectivity index (χ0v) is 15.8. The van der Waals surface area contributed by atoms with Crippen molar-refractivity contribution in [1.29, 1.82) is 0 Å². The summed E-state index contributed by atoms with van der Waals surface area (Å²) in [5.41, 5.74) is 1.45. The van der Waals surface area contributed by atoms with Crippen LogP contribution in [0.2, 0.25) is 0 Å². The Morgan fingerprint density at radius 1 is 1.19 bits per heavy atom. The van der Waals surface area contributed by atoms with Crippen molar-refractivity contribution < 1.29 is 19.0 Å². The van der Waals surface area contributed by atoms with Crippen LogP contribution in [0.1, 0.15) is 21.9 Å². The second-order valence-corrected chi connectivity index (χ2v) is 6.34. The lowest BCUT2D eigenvalue weighted by Crippen LogP contribution is -2.26. The first kappa shape index (κ1) is 18.0. The van der Waals surface area contributed by atoms with Crippen LogP contribution in [0.15, 0.2) is 17.5 Å². The summed E-state index contributed by atoms with van der Waals surface area (Å²) in [4.78, 5) is 17.7. The van der Waals surface area contributed by atoms with E-state index in [2.05, 4.69) is 15.4 Å². The van der Waals surface area contributed by atoms with Gasteiger partial charge in [0.25, 0.3) is 5.91 Å². The van der Waals surface area contributed by atoms with Crippen molar-refractivity contribution in [3.63, 3.8) is 0 Å². The highest BCUT2D eigenvalue weighted by Gasteiger charge is 2.17. The average Bonchev–Trinajstić information content (AvgIpc) is 3.19. The van der Waals surface area contributed by atoms with Crippen molar-refractivity contribution in [3.05, 3.63) is 34.6 Å². The second-order valence-electron chi connectivity index (χ2n) is 5.50. The molecule has 3 aromatic rings. The van der Waals surface area contributed by atoms with Gasteiger partial charge in [-0.1, -0.05) is 0 Å². The van der Waals surface area contributed by atoms with Crippen molar-refractivity contribution in [2.75, 3.05) is 27.9 Å². The fourth-order valence-corrected chi connectivity index (χ4v) is 3.51. The molecule has 8 nitrogen and oxygen atoms in total. The number of rotatable bonds is 7. The van der Waals surface area contributed by atoms with Gasteiger partial charge in [-0.15, -0.1) is 11.3 Å². The largest absolute Gasteiger partial charge is 0.493 e. The van der Waals surface area contributed by atoms with Crippen LogP contribution in [0.4, 0.5) is 0 Å². The number of nitrogens with zero attached hydrogens (tertiary/aromatic N) is 3. The van der Waals surface area contributed by atoms with E-state index in [9.17, 15) is 4.79 Å². The van der Waals surface area contributed by atoms with E-state index in [1.54, 1.807) is 12.1 Å². The van der Waals surface area contributed by atoms with E-state index >= 15 is 0 Å². The molecule has 0 aliphatic carbocycles. The molecule has 0 aliphatic rings. The van der Waals surface area contributed by atoms with Crippen molar-refractivity contribution in [2.24, 2.45) is 0 Å². The Kier molecular flexibility index (Phi) is 5.27. The van der Waals surface area contributed by atoms with E-state index in [-0.39, 0.29) is 5.91 Å². The van der Waals surface area contributed by atoms with Crippen LogP contribution in [0.25, 0.3) is 4.96 Å². The third-order valence-corrected chi connectivity index (χ3v) is 4.71. The molecule has 0 spiro atoms. The van der Waals surface area contributed by atoms with Crippen LogP contribution in [-0.4, -0.2) is 48.4 Å². The molecule has 2 aromatic heterocycles. The second kappa shape index (κ2) is 7.61. The standard InChI is InChI=1S/C17H20N4O4S/c1-10-19-17-21(20-10)12(9-26-17)5-6-18-16(22)11-7-13(23-2)15(25-4)14(8-11)24-3/h7-9H,5-6H2,1-4H3,(H,18,22). The van der Waals surface area contributed by atoms with Gasteiger partial charge < -0.3 is 19.5 Å². The predicted octanol–water partition coefficient (Wildman–Crippen LogP) is 2.10. The normalized spacial score (nSPS) is 10.8. The van der Waals surface area contributed by atoms with Gasteiger partial charge in [0.1, 0.15) is 5.82 Å². The number of ether oxygens (including phenoxy) is 3. The molecule has 2 heterocycles. The van der Waals surface area contributed by atoms with Crippen LogP contribution in [-0.2, 0) is 6.42 Å². The zero-order chi connectivity index (χ0) is 18.7. The molecule has 0 saturated carbocycles. The molecular weight excluding hydrogens is 356 g/mol. The highest BCUT2D eigenvalue weighted by molar-refractivity contribution is 7.15. The van der Waals surface area contributed by atoms with E-state index in [0.29, 0.717) is 35.8 Å². The number of benzene rings is 1. The monoisotopic (exact) mass is 376 g/mol. The molecule has 0 radical (unpaired) electrons. The maximum absolute atomic E-state index is 12.5. The summed E-state index contributed by atoms with van der Waals surface area (Å²) in [5, 5.41) is 9.25. The minimum absolute atomic E-state index is 0.217. The molecule has 0 unspecified atom stereocenters. The van der Waals surface area contributed by atoms with Crippen molar-refractivity contribution in [3.8, 4) is 17.2 Å². The number of nitrogens with one attached hydrogen (secondary N) is 1. The molecule has 0 saturated heterocycles. The van der Waals surface area contributed by atoms with Gasteiger partial charge in [0, 0.05) is 23.9 Å². The predicted molar refractivity (Wildman–Crippen MR) is 97.7 cm³/mol. The molecule has 0 atom stereocenters. The summed E-state index contributed by atoms with van der Waals surface area (Å²) in [6, 6.07) is 3.25. The van der Waals surface area contributed by atoms with Gasteiger partial charge in [-0.05, 0) is 19.1 Å². The van der Waals surface area contributed by atoms with E-state index in [4.69, 9.17) is 14.2 Å². The fraction of sp³-hybridized carbons (Fsp3) is 0.353. The van der Waals surface area contributed by atoms with E-state index in [0.717, 1.165) is 16.5 Å². The Balaban J connectivity index is 1.70. The van der Waals surface area contributed by atoms with Crippen molar-refractivity contribution in [2.45, 2.75) is 13.3 Å². The average molecular weight is 376 g/mol. The van der Waals surface area contributed by atoms with Gasteiger partial charge in [-0.25, -0.2) is 9.50 Å². The quantitative estimate of drug-likeness (QED) is 0.679. The highest BCUT2D eigenvalue weighted by atomic mass is 32.1. The Bertz CT molecular complexity index is 909. The first-order valence-electron chi connectivity index (χ1n) is 7.95. The van der Waals surface area contributed by atoms with Crippen molar-refractivity contribution >= 4 is 22.2 Å². The Labute approximate surface area is 154 Å². The van der Waals surface area contributed by atoms with E-state index in [1.165, 1.54) is 32.7 Å². The summed E-state index contributed by atoms with van der Waals surface area (Å²) in [6.45, 7) is 2.33. The van der Waals surface area contributed by atoms with Gasteiger partial charge in [-0.2, -0.15) is 5.10 Å². The maximum atomic E-state index is 12.5. The number of methoxy groups -OCH3 is 3. The third-order valence-electron chi connectivity index (χ3n) is 3.85. The summed E-state index contributed by atoms with van der Waals surface area (Å²) < 4.78 is 17.6. The lowest BCUT2D eigenvalue weighted by atomic mass is 10.1. The SMILES string of the molecule is COc1cc(C(=O)NCCc2csc3nc(C)nn23)cc(OC)c1OC. The molecule has 0 fully saturated rings. The van der Waals surface area contributed by atoms with Crippen LogP contribution in [0, 0.1) is 6.92 Å². The van der Waals surface area contributed by atoms with Gasteiger partial charge in [0.05, 0.1) is 27.0 Å². The van der Waals surface area contributed by atoms with Crippen molar-refractivity contribution in [1.82, 2.24) is 19.9 Å². The number of carbonyl (C=O) groups excluding carboxylic acids is 1. The molecule has 0 bridgehead atoms. The summed E-state index contributed by atoms with van der Waals surface area (Å²) in [6.07, 6.45) is 0.652. The number of aryl methyl sites for hydroxylation is 1. The molecule has 1 N–H and O–H groups in total. The molecule has 9 heteroatoms. The zero-order valence-electron chi connectivity index (χ0n) is 15.0. The Morgan fingerprint density at radius 3 is 2.50 bits per heavy atom. The van der Waals surface area contributed by atoms with Crippen LogP contribution >= 0.6 is 11.3 Å². The summed E-state index contributed by atoms with van der Waals surface area (Å²) in [5.74, 6) is 1.85. The molecule has 26 heavy (non-hydrogen) atoms. The lowest BCUT2D eigenvalue weighted by Gasteiger charge is -2.14. The number of carbonyl (C=O) groups is 1. The molecular formula is C17H20N4O4S. The Morgan fingerprint density at radius 2 is 1.88 bits per heavy atom. The van der Waals surface area contributed by atoms with Crippen LogP contribution in [0.3, 0.4) is 0 Å². The molecule has 1 aromatic carbocycles. The number of hydrogen-bond donors (Lipinski definition) is 1. The van der Waals surface area contributed by atoms with E-state index in [1.807, 2.05) is 16.8 Å². The minimum atomic E-state index is -0.217. The van der Waals surface area contributed by atoms with Gasteiger partial charge in [0.15, 0.2) is 11.5 Å². The number of aromatic nitrogens is 3. The van der Waals surface area contributed by atoms with Gasteiger partial charge in [-0.3, -0.25) is 4.79 Å². The number of amides is 1. The third kappa shape index (κ3) is 3.43. The smallest absolute Gasteiger partial charge is 0.251 e. The number of hydrogen-bond acceptors (Lipinski definition) is 7. The van der Waals surface area contributed by atoms with Gasteiger partial charge in [0.2, 0.25) is 10.7 Å². The lowest BCUT2D eigenvalue weighted by molar-refractivity contribution is 0.0953. The van der Waals surface area contributed by atoms with Gasteiger partial charge >= 0.3 is 0 Å². The maximum Gasteiger partial charge on any atom is 0.251 e. The van der Waals surface area contributed by atoms with Crippen LogP contribution in [0.5, 0.6) is 17.2 Å².